The third-order valence-electron chi connectivity index (χ3n) is 3.10. The summed E-state index contributed by atoms with van der Waals surface area (Å²) in [6.45, 7) is 0. The maximum absolute atomic E-state index is 11.3. The topological polar surface area (TPSA) is 52.7 Å². The Morgan fingerprint density at radius 3 is 2.62 bits per heavy atom. The molecular formula is C14H10Cl2N4O. The fourth-order valence-corrected chi connectivity index (χ4v) is 2.33. The number of benzene rings is 1. The highest BCUT2D eigenvalue weighted by Gasteiger charge is 2.14. The normalized spacial score (nSPS) is 10.8. The van der Waals surface area contributed by atoms with Crippen molar-refractivity contribution in [2.75, 3.05) is 0 Å². The van der Waals surface area contributed by atoms with Gasteiger partial charge >= 0.3 is 0 Å². The van der Waals surface area contributed by atoms with Crippen molar-refractivity contribution in [2.24, 2.45) is 7.05 Å². The van der Waals surface area contributed by atoms with Crippen molar-refractivity contribution in [2.45, 2.75) is 0 Å². The van der Waals surface area contributed by atoms with Gasteiger partial charge in [-0.1, -0.05) is 23.2 Å². The molecule has 0 atom stereocenters. The highest BCUT2D eigenvalue weighted by molar-refractivity contribution is 6.42. The summed E-state index contributed by atoms with van der Waals surface area (Å²) in [5, 5.41) is 9.43. The Labute approximate surface area is 130 Å². The quantitative estimate of drug-likeness (QED) is 0.695. The predicted molar refractivity (Wildman–Crippen MR) is 81.2 cm³/mol. The number of nitrogens with zero attached hydrogens (tertiary/aromatic N) is 4. The number of aromatic nitrogens is 4. The summed E-state index contributed by atoms with van der Waals surface area (Å²) in [6.07, 6.45) is 4.07. The molecule has 2 aromatic heterocycles. The van der Waals surface area contributed by atoms with Gasteiger partial charge < -0.3 is 0 Å². The van der Waals surface area contributed by atoms with Crippen LogP contribution in [0.2, 0.25) is 10.0 Å². The van der Waals surface area contributed by atoms with Gasteiger partial charge in [0, 0.05) is 19.4 Å². The van der Waals surface area contributed by atoms with Gasteiger partial charge in [-0.15, -0.1) is 0 Å². The number of hydrogen-bond donors (Lipinski definition) is 0. The van der Waals surface area contributed by atoms with E-state index in [1.54, 1.807) is 53.1 Å². The van der Waals surface area contributed by atoms with Crippen LogP contribution in [0.1, 0.15) is 10.4 Å². The highest BCUT2D eigenvalue weighted by atomic mass is 35.5. The van der Waals surface area contributed by atoms with E-state index in [2.05, 4.69) is 10.2 Å². The second kappa shape index (κ2) is 5.35. The van der Waals surface area contributed by atoms with Crippen LogP contribution in [0, 0.1) is 0 Å². The summed E-state index contributed by atoms with van der Waals surface area (Å²) in [5.74, 6) is 0. The third kappa shape index (κ3) is 2.46. The molecule has 1 aromatic carbocycles. The second-order valence-electron chi connectivity index (χ2n) is 4.43. The van der Waals surface area contributed by atoms with Crippen LogP contribution in [0.4, 0.5) is 0 Å². The molecule has 7 heteroatoms. The Bertz CT molecular complexity index is 822. The van der Waals surface area contributed by atoms with Crippen molar-refractivity contribution in [1.82, 2.24) is 19.6 Å². The Hall–Kier alpha value is -2.11. The standard InChI is InChI=1S/C14H10Cl2N4O/c1-19-13(4-5-17-19)14-9(8-21)7-20(18-14)10-2-3-11(15)12(16)6-10/h2-8H,1H3. The molecule has 0 radical (unpaired) electrons. The Morgan fingerprint density at radius 1 is 1.19 bits per heavy atom. The van der Waals surface area contributed by atoms with E-state index in [0.717, 1.165) is 17.7 Å². The van der Waals surface area contributed by atoms with Crippen molar-refractivity contribution in [3.05, 3.63) is 52.3 Å². The van der Waals surface area contributed by atoms with Crippen LogP contribution in [0.25, 0.3) is 17.1 Å². The summed E-state index contributed by atoms with van der Waals surface area (Å²) in [4.78, 5) is 11.3. The van der Waals surface area contributed by atoms with Gasteiger partial charge in [-0.3, -0.25) is 9.48 Å². The lowest BCUT2D eigenvalue weighted by molar-refractivity contribution is 0.112. The number of aryl methyl sites for hydroxylation is 1. The Balaban J connectivity index is 2.13. The lowest BCUT2D eigenvalue weighted by Crippen LogP contribution is -1.98. The fourth-order valence-electron chi connectivity index (χ4n) is 2.04. The first-order valence-corrected chi connectivity index (χ1v) is 6.84. The number of halogens is 2. The second-order valence-corrected chi connectivity index (χ2v) is 5.25. The number of carbonyl (C=O) groups is 1. The molecule has 0 amide bonds. The van der Waals surface area contributed by atoms with E-state index in [1.807, 2.05) is 0 Å². The van der Waals surface area contributed by atoms with Crippen LogP contribution in [-0.4, -0.2) is 25.8 Å². The average molecular weight is 321 g/mol. The third-order valence-corrected chi connectivity index (χ3v) is 3.84. The van der Waals surface area contributed by atoms with Crippen LogP contribution < -0.4 is 0 Å². The molecule has 0 aliphatic carbocycles. The summed E-state index contributed by atoms with van der Waals surface area (Å²) >= 11 is 11.9. The summed E-state index contributed by atoms with van der Waals surface area (Å²) < 4.78 is 3.25. The number of rotatable bonds is 3. The molecule has 5 nitrogen and oxygen atoms in total. The fraction of sp³-hybridized carbons (Fsp3) is 0.0714. The van der Waals surface area contributed by atoms with Crippen LogP contribution in [0.5, 0.6) is 0 Å². The molecule has 0 fully saturated rings. The molecule has 2 heterocycles. The van der Waals surface area contributed by atoms with Gasteiger partial charge in [0.25, 0.3) is 0 Å². The van der Waals surface area contributed by atoms with E-state index in [0.29, 0.717) is 21.3 Å². The van der Waals surface area contributed by atoms with Crippen molar-refractivity contribution in [1.29, 1.82) is 0 Å². The summed E-state index contributed by atoms with van der Waals surface area (Å²) in [6, 6.07) is 6.96. The van der Waals surface area contributed by atoms with Crippen molar-refractivity contribution < 1.29 is 4.79 Å². The van der Waals surface area contributed by atoms with Crippen LogP contribution >= 0.6 is 23.2 Å². The Kier molecular flexibility index (Phi) is 3.53. The molecule has 0 bridgehead atoms. The van der Waals surface area contributed by atoms with Gasteiger partial charge in [-0.25, -0.2) is 4.68 Å². The number of hydrogen-bond acceptors (Lipinski definition) is 3. The largest absolute Gasteiger partial charge is 0.298 e. The molecule has 21 heavy (non-hydrogen) atoms. The predicted octanol–water partition coefficient (Wildman–Crippen LogP) is 3.39. The van der Waals surface area contributed by atoms with Crippen LogP contribution in [0.3, 0.4) is 0 Å². The van der Waals surface area contributed by atoms with Gasteiger partial charge in [0.1, 0.15) is 5.69 Å². The molecule has 0 N–H and O–H groups in total. The first-order valence-electron chi connectivity index (χ1n) is 6.09. The molecule has 0 saturated heterocycles. The Morgan fingerprint density at radius 2 is 2.00 bits per heavy atom. The number of aldehydes is 1. The molecule has 0 unspecified atom stereocenters. The zero-order valence-electron chi connectivity index (χ0n) is 11.0. The minimum absolute atomic E-state index is 0.430. The molecule has 0 aliphatic rings. The van der Waals surface area contributed by atoms with E-state index >= 15 is 0 Å². The smallest absolute Gasteiger partial charge is 0.153 e. The van der Waals surface area contributed by atoms with E-state index < -0.39 is 0 Å². The van der Waals surface area contributed by atoms with Crippen LogP contribution in [-0.2, 0) is 7.05 Å². The maximum Gasteiger partial charge on any atom is 0.153 e. The van der Waals surface area contributed by atoms with Gasteiger partial charge in [0.2, 0.25) is 0 Å². The van der Waals surface area contributed by atoms with Gasteiger partial charge in [-0.2, -0.15) is 10.2 Å². The van der Waals surface area contributed by atoms with Gasteiger partial charge in [0.15, 0.2) is 6.29 Å². The minimum atomic E-state index is 0.430. The molecule has 0 aliphatic heterocycles. The maximum atomic E-state index is 11.3. The molecule has 106 valence electrons. The lowest BCUT2D eigenvalue weighted by Gasteiger charge is -2.03. The molecule has 3 rings (SSSR count). The lowest BCUT2D eigenvalue weighted by atomic mass is 10.2. The monoisotopic (exact) mass is 320 g/mol. The highest BCUT2D eigenvalue weighted by Crippen LogP contribution is 2.26. The van der Waals surface area contributed by atoms with E-state index in [-0.39, 0.29) is 0 Å². The van der Waals surface area contributed by atoms with E-state index in [4.69, 9.17) is 23.2 Å². The molecule has 0 spiro atoms. The average Bonchev–Trinajstić information content (AvgIpc) is 3.07. The van der Waals surface area contributed by atoms with Crippen LogP contribution in [0.15, 0.2) is 36.7 Å². The summed E-state index contributed by atoms with van der Waals surface area (Å²) in [7, 11) is 1.79. The van der Waals surface area contributed by atoms with E-state index in [9.17, 15) is 4.79 Å². The SMILES string of the molecule is Cn1nccc1-c1nn(-c2ccc(Cl)c(Cl)c2)cc1C=O. The first-order chi connectivity index (χ1) is 10.1. The van der Waals surface area contributed by atoms with Crippen molar-refractivity contribution in [3.8, 4) is 17.1 Å². The minimum Gasteiger partial charge on any atom is -0.298 e. The zero-order valence-corrected chi connectivity index (χ0v) is 12.5. The van der Waals surface area contributed by atoms with E-state index in [1.165, 1.54) is 0 Å². The van der Waals surface area contributed by atoms with Crippen molar-refractivity contribution in [3.63, 3.8) is 0 Å². The molecule has 0 saturated carbocycles. The van der Waals surface area contributed by atoms with Gasteiger partial charge in [0.05, 0.1) is 27.0 Å². The summed E-state index contributed by atoms with van der Waals surface area (Å²) in [5.41, 5.74) is 2.53. The zero-order chi connectivity index (χ0) is 15.0. The van der Waals surface area contributed by atoms with Gasteiger partial charge in [-0.05, 0) is 24.3 Å². The molecule has 3 aromatic rings. The number of carbonyl (C=O) groups excluding carboxylic acids is 1. The first kappa shape index (κ1) is 13.9. The van der Waals surface area contributed by atoms with Crippen molar-refractivity contribution >= 4 is 29.5 Å². The molecular weight excluding hydrogens is 311 g/mol.